The standard InChI is InChI=1S/C17H10N4/c1-3-11-7-13-12-4-2-6-20-17(12)16-9-18-10-21(16)15(13)8-14(11)19-5-1/h1-10H. The highest BCUT2D eigenvalue weighted by atomic mass is 15.0. The quantitative estimate of drug-likeness (QED) is 0.319. The number of rotatable bonds is 0. The average molecular weight is 270 g/mol. The number of aromatic nitrogens is 4. The molecule has 0 saturated carbocycles. The normalized spacial score (nSPS) is 11.8. The Kier molecular flexibility index (Phi) is 1.92. The highest BCUT2D eigenvalue weighted by Gasteiger charge is 2.10. The maximum atomic E-state index is 4.54. The zero-order valence-corrected chi connectivity index (χ0v) is 11.1. The molecule has 0 fully saturated rings. The lowest BCUT2D eigenvalue weighted by molar-refractivity contribution is 1.21. The van der Waals surface area contributed by atoms with Crippen LogP contribution < -0.4 is 0 Å². The number of hydrogen-bond donors (Lipinski definition) is 0. The Morgan fingerprint density at radius 3 is 2.76 bits per heavy atom. The van der Waals surface area contributed by atoms with Crippen LogP contribution in [0.15, 0.2) is 61.3 Å². The van der Waals surface area contributed by atoms with Crippen LogP contribution in [0.4, 0.5) is 0 Å². The molecule has 4 heteroatoms. The molecule has 0 amide bonds. The van der Waals surface area contributed by atoms with Gasteiger partial charge in [0.15, 0.2) is 0 Å². The van der Waals surface area contributed by atoms with Crippen molar-refractivity contribution in [3.63, 3.8) is 0 Å². The summed E-state index contributed by atoms with van der Waals surface area (Å²) in [5, 5.41) is 3.45. The Labute approximate surface area is 119 Å². The van der Waals surface area contributed by atoms with Crippen LogP contribution in [0.2, 0.25) is 0 Å². The highest BCUT2D eigenvalue weighted by molar-refractivity contribution is 6.13. The van der Waals surface area contributed by atoms with Crippen LogP contribution >= 0.6 is 0 Å². The molecule has 1 aromatic carbocycles. The van der Waals surface area contributed by atoms with Crippen molar-refractivity contribution in [3.8, 4) is 0 Å². The first-order valence-electron chi connectivity index (χ1n) is 6.79. The van der Waals surface area contributed by atoms with E-state index in [4.69, 9.17) is 0 Å². The second kappa shape index (κ2) is 3.76. The summed E-state index contributed by atoms with van der Waals surface area (Å²) in [5.74, 6) is 0. The van der Waals surface area contributed by atoms with Gasteiger partial charge in [-0.05, 0) is 24.3 Å². The third-order valence-electron chi connectivity index (χ3n) is 3.96. The lowest BCUT2D eigenvalue weighted by Crippen LogP contribution is -1.92. The fourth-order valence-corrected chi connectivity index (χ4v) is 3.01. The van der Waals surface area contributed by atoms with Crippen molar-refractivity contribution < 1.29 is 0 Å². The van der Waals surface area contributed by atoms with Gasteiger partial charge in [-0.2, -0.15) is 0 Å². The van der Waals surface area contributed by atoms with Crippen LogP contribution in [-0.4, -0.2) is 19.4 Å². The van der Waals surface area contributed by atoms with E-state index in [-0.39, 0.29) is 0 Å². The summed E-state index contributed by atoms with van der Waals surface area (Å²) >= 11 is 0. The van der Waals surface area contributed by atoms with Crippen LogP contribution in [0.1, 0.15) is 0 Å². The van der Waals surface area contributed by atoms with E-state index in [0.717, 1.165) is 32.8 Å². The average Bonchev–Trinajstić information content (AvgIpc) is 3.03. The maximum Gasteiger partial charge on any atom is 0.0997 e. The van der Waals surface area contributed by atoms with Gasteiger partial charge in [0.1, 0.15) is 0 Å². The van der Waals surface area contributed by atoms with E-state index in [1.165, 1.54) is 5.39 Å². The van der Waals surface area contributed by atoms with E-state index >= 15 is 0 Å². The van der Waals surface area contributed by atoms with E-state index in [1.807, 2.05) is 37.1 Å². The predicted octanol–water partition coefficient (Wildman–Crippen LogP) is 3.58. The molecular weight excluding hydrogens is 260 g/mol. The van der Waals surface area contributed by atoms with Crippen molar-refractivity contribution in [1.29, 1.82) is 0 Å². The van der Waals surface area contributed by atoms with Gasteiger partial charge in [0, 0.05) is 28.6 Å². The molecule has 21 heavy (non-hydrogen) atoms. The lowest BCUT2D eigenvalue weighted by Gasteiger charge is -2.08. The first-order chi connectivity index (χ1) is 10.4. The largest absolute Gasteiger partial charge is 0.297 e. The van der Waals surface area contributed by atoms with Gasteiger partial charge in [-0.3, -0.25) is 14.4 Å². The van der Waals surface area contributed by atoms with Crippen molar-refractivity contribution in [2.75, 3.05) is 0 Å². The van der Waals surface area contributed by atoms with E-state index in [1.54, 1.807) is 0 Å². The van der Waals surface area contributed by atoms with E-state index in [9.17, 15) is 0 Å². The van der Waals surface area contributed by atoms with E-state index < -0.39 is 0 Å². The van der Waals surface area contributed by atoms with Gasteiger partial charge in [-0.25, -0.2) is 4.98 Å². The molecule has 0 unspecified atom stereocenters. The van der Waals surface area contributed by atoms with Gasteiger partial charge in [0.2, 0.25) is 0 Å². The number of pyridine rings is 3. The van der Waals surface area contributed by atoms with Crippen LogP contribution in [0.5, 0.6) is 0 Å². The Hall–Kier alpha value is -3.01. The topological polar surface area (TPSA) is 43.1 Å². The molecule has 4 aromatic heterocycles. The monoisotopic (exact) mass is 270 g/mol. The SMILES string of the molecule is c1cnc2cc3c(cc2c1)c1cccnc1c1cncn31. The Bertz CT molecular complexity index is 1140. The van der Waals surface area contributed by atoms with Gasteiger partial charge in [-0.1, -0.05) is 12.1 Å². The Morgan fingerprint density at radius 2 is 1.76 bits per heavy atom. The summed E-state index contributed by atoms with van der Waals surface area (Å²) in [6, 6.07) is 12.4. The number of fused-ring (bicyclic) bond motifs is 7. The van der Waals surface area contributed by atoms with Crippen molar-refractivity contribution in [1.82, 2.24) is 19.4 Å². The van der Waals surface area contributed by atoms with Crippen molar-refractivity contribution in [3.05, 3.63) is 61.3 Å². The molecule has 98 valence electrons. The molecule has 0 saturated heterocycles. The third-order valence-corrected chi connectivity index (χ3v) is 3.96. The predicted molar refractivity (Wildman–Crippen MR) is 83.3 cm³/mol. The molecule has 0 aliphatic heterocycles. The van der Waals surface area contributed by atoms with Crippen LogP contribution in [0.25, 0.3) is 38.2 Å². The summed E-state index contributed by atoms with van der Waals surface area (Å²) in [6.45, 7) is 0. The molecule has 0 atom stereocenters. The first kappa shape index (κ1) is 10.7. The summed E-state index contributed by atoms with van der Waals surface area (Å²) < 4.78 is 2.08. The zero-order chi connectivity index (χ0) is 13.8. The summed E-state index contributed by atoms with van der Waals surface area (Å²) in [4.78, 5) is 13.3. The number of nitrogens with zero attached hydrogens (tertiary/aromatic N) is 4. The lowest BCUT2D eigenvalue weighted by atomic mass is 10.1. The van der Waals surface area contributed by atoms with Crippen molar-refractivity contribution in [2.45, 2.75) is 0 Å². The first-order valence-corrected chi connectivity index (χ1v) is 6.79. The minimum atomic E-state index is 0.978. The molecule has 4 heterocycles. The van der Waals surface area contributed by atoms with Crippen LogP contribution in [0, 0.1) is 0 Å². The maximum absolute atomic E-state index is 4.54. The van der Waals surface area contributed by atoms with Crippen LogP contribution in [0.3, 0.4) is 0 Å². The summed E-state index contributed by atoms with van der Waals surface area (Å²) in [6.07, 6.45) is 7.34. The van der Waals surface area contributed by atoms with E-state index in [2.05, 4.69) is 43.6 Å². The van der Waals surface area contributed by atoms with Crippen LogP contribution in [-0.2, 0) is 0 Å². The summed E-state index contributed by atoms with van der Waals surface area (Å²) in [7, 11) is 0. The molecule has 0 N–H and O–H groups in total. The number of imidazole rings is 1. The second-order valence-corrected chi connectivity index (χ2v) is 5.11. The fraction of sp³-hybridized carbons (Fsp3) is 0. The summed E-state index contributed by atoms with van der Waals surface area (Å²) in [5.41, 5.74) is 4.09. The smallest absolute Gasteiger partial charge is 0.0997 e. The molecule has 0 spiro atoms. The van der Waals surface area contributed by atoms with E-state index in [0.29, 0.717) is 0 Å². The highest BCUT2D eigenvalue weighted by Crippen LogP contribution is 2.30. The molecule has 5 rings (SSSR count). The minimum Gasteiger partial charge on any atom is -0.297 e. The molecule has 0 bridgehead atoms. The molecule has 0 aliphatic rings. The third kappa shape index (κ3) is 1.36. The van der Waals surface area contributed by atoms with Crippen molar-refractivity contribution in [2.24, 2.45) is 0 Å². The molecular formula is C17H10N4. The molecule has 5 aromatic rings. The van der Waals surface area contributed by atoms with Gasteiger partial charge >= 0.3 is 0 Å². The van der Waals surface area contributed by atoms with Crippen molar-refractivity contribution >= 4 is 38.2 Å². The number of hydrogen-bond acceptors (Lipinski definition) is 3. The molecule has 0 aliphatic carbocycles. The second-order valence-electron chi connectivity index (χ2n) is 5.11. The fourth-order valence-electron chi connectivity index (χ4n) is 3.01. The van der Waals surface area contributed by atoms with Gasteiger partial charge in [-0.15, -0.1) is 0 Å². The van der Waals surface area contributed by atoms with Gasteiger partial charge in [0.25, 0.3) is 0 Å². The molecule has 0 radical (unpaired) electrons. The Balaban J connectivity index is 2.18. The zero-order valence-electron chi connectivity index (χ0n) is 11.1. The number of benzene rings is 1. The van der Waals surface area contributed by atoms with Gasteiger partial charge < -0.3 is 0 Å². The molecule has 4 nitrogen and oxygen atoms in total. The van der Waals surface area contributed by atoms with Gasteiger partial charge in [0.05, 0.1) is 34.6 Å². The Morgan fingerprint density at radius 1 is 0.857 bits per heavy atom. The minimum absolute atomic E-state index is 0.978.